The second-order valence-corrected chi connectivity index (χ2v) is 8.25. The van der Waals surface area contributed by atoms with Gasteiger partial charge in [-0.05, 0) is 18.9 Å². The van der Waals surface area contributed by atoms with Gasteiger partial charge < -0.3 is 20.1 Å². The fourth-order valence-electron chi connectivity index (χ4n) is 4.15. The molecular weight excluding hydrogens is 328 g/mol. The number of nitrogens with two attached hydrogens (primary N) is 1. The minimum absolute atomic E-state index is 0.0639. The molecule has 2 aliphatic rings. The van der Waals surface area contributed by atoms with E-state index in [9.17, 15) is 4.79 Å². The van der Waals surface area contributed by atoms with E-state index in [4.69, 9.17) is 15.2 Å². The number of amides is 1. The Morgan fingerprint density at radius 1 is 1.31 bits per heavy atom. The van der Waals surface area contributed by atoms with Crippen molar-refractivity contribution in [1.29, 1.82) is 0 Å². The van der Waals surface area contributed by atoms with E-state index in [1.54, 1.807) is 0 Å². The number of hydrogen-bond acceptors (Lipinski definition) is 4. The molecule has 0 bridgehead atoms. The molecule has 144 valence electrons. The summed E-state index contributed by atoms with van der Waals surface area (Å²) >= 11 is 0. The van der Waals surface area contributed by atoms with E-state index in [0.29, 0.717) is 32.2 Å². The molecule has 3 atom stereocenters. The van der Waals surface area contributed by atoms with Gasteiger partial charge in [0.15, 0.2) is 0 Å². The first-order valence-corrected chi connectivity index (χ1v) is 9.70. The van der Waals surface area contributed by atoms with Crippen LogP contribution in [0.1, 0.15) is 39.2 Å². The smallest absolute Gasteiger partial charge is 0.243 e. The Morgan fingerprint density at radius 3 is 2.69 bits per heavy atom. The van der Waals surface area contributed by atoms with Gasteiger partial charge in [0.25, 0.3) is 0 Å². The topological polar surface area (TPSA) is 64.8 Å². The lowest BCUT2D eigenvalue weighted by Crippen LogP contribution is -2.75. The van der Waals surface area contributed by atoms with E-state index in [1.807, 2.05) is 43.9 Å². The van der Waals surface area contributed by atoms with Crippen molar-refractivity contribution in [2.75, 3.05) is 26.3 Å². The third-order valence-electron chi connectivity index (χ3n) is 6.25. The quantitative estimate of drug-likeness (QED) is 0.812. The molecule has 3 rings (SSSR count). The van der Waals surface area contributed by atoms with Gasteiger partial charge in [-0.1, -0.05) is 44.2 Å². The molecule has 0 radical (unpaired) electrons. The molecule has 1 saturated carbocycles. The highest BCUT2D eigenvalue weighted by molar-refractivity contribution is 5.89. The van der Waals surface area contributed by atoms with E-state index in [0.717, 1.165) is 19.5 Å². The number of carbonyl (C=O) groups excluding carboxylic acids is 1. The molecule has 1 heterocycles. The second-order valence-electron chi connectivity index (χ2n) is 8.25. The van der Waals surface area contributed by atoms with Crippen LogP contribution in [0.3, 0.4) is 0 Å². The van der Waals surface area contributed by atoms with Crippen molar-refractivity contribution in [3.05, 3.63) is 35.9 Å². The van der Waals surface area contributed by atoms with Crippen LogP contribution in [0, 0.1) is 11.3 Å². The van der Waals surface area contributed by atoms with Crippen LogP contribution in [0.15, 0.2) is 30.3 Å². The fourth-order valence-corrected chi connectivity index (χ4v) is 4.15. The maximum Gasteiger partial charge on any atom is 0.243 e. The molecule has 0 aromatic heterocycles. The van der Waals surface area contributed by atoms with Crippen LogP contribution in [0.4, 0.5) is 0 Å². The molecule has 1 aliphatic carbocycles. The summed E-state index contributed by atoms with van der Waals surface area (Å²) in [6, 6.07) is 10.2. The van der Waals surface area contributed by atoms with Crippen molar-refractivity contribution >= 4 is 5.91 Å². The molecule has 2 N–H and O–H groups in total. The molecule has 0 spiro atoms. The zero-order chi connectivity index (χ0) is 18.8. The molecule has 1 aromatic rings. The van der Waals surface area contributed by atoms with Crippen LogP contribution in [0.2, 0.25) is 0 Å². The molecule has 1 saturated heterocycles. The summed E-state index contributed by atoms with van der Waals surface area (Å²) < 4.78 is 11.6. The molecule has 5 nitrogen and oxygen atoms in total. The average molecular weight is 360 g/mol. The Balaban J connectivity index is 1.48. The Bertz CT molecular complexity index is 619. The summed E-state index contributed by atoms with van der Waals surface area (Å²) in [5.74, 6) is 0.459. The zero-order valence-corrected chi connectivity index (χ0v) is 16.2. The normalized spacial score (nSPS) is 30.2. The largest absolute Gasteiger partial charge is 0.378 e. The Hall–Kier alpha value is -1.43. The number of carbonyl (C=O) groups is 1. The van der Waals surface area contributed by atoms with Crippen LogP contribution >= 0.6 is 0 Å². The molecule has 2 fully saturated rings. The van der Waals surface area contributed by atoms with Crippen LogP contribution in [0.25, 0.3) is 0 Å². The highest BCUT2D eigenvalue weighted by atomic mass is 16.5. The number of likely N-dealkylation sites (tertiary alicyclic amines) is 1. The molecule has 1 amide bonds. The maximum absolute atomic E-state index is 13.1. The van der Waals surface area contributed by atoms with Gasteiger partial charge in [-0.15, -0.1) is 0 Å². The molecule has 5 heteroatoms. The van der Waals surface area contributed by atoms with Gasteiger partial charge in [-0.2, -0.15) is 0 Å². The van der Waals surface area contributed by atoms with Crippen LogP contribution in [-0.4, -0.2) is 48.8 Å². The monoisotopic (exact) mass is 360 g/mol. The lowest BCUT2D eigenvalue weighted by molar-refractivity contribution is -0.178. The van der Waals surface area contributed by atoms with E-state index < -0.39 is 5.54 Å². The van der Waals surface area contributed by atoms with Crippen LogP contribution < -0.4 is 5.73 Å². The third kappa shape index (κ3) is 3.53. The van der Waals surface area contributed by atoms with Crippen molar-refractivity contribution in [2.24, 2.45) is 17.1 Å². The maximum atomic E-state index is 13.1. The Kier molecular flexibility index (Phi) is 5.70. The zero-order valence-electron chi connectivity index (χ0n) is 16.2. The number of nitrogens with zero attached hydrogens (tertiary/aromatic N) is 1. The second kappa shape index (κ2) is 7.67. The molecule has 1 aromatic carbocycles. The predicted octanol–water partition coefficient (Wildman–Crippen LogP) is 2.58. The Morgan fingerprint density at radius 2 is 2.04 bits per heavy atom. The fraction of sp³-hybridized carbons (Fsp3) is 0.667. The van der Waals surface area contributed by atoms with Crippen molar-refractivity contribution in [3.8, 4) is 0 Å². The van der Waals surface area contributed by atoms with Gasteiger partial charge in [-0.3, -0.25) is 4.79 Å². The van der Waals surface area contributed by atoms with Gasteiger partial charge in [0.1, 0.15) is 5.54 Å². The first-order valence-electron chi connectivity index (χ1n) is 9.70. The summed E-state index contributed by atoms with van der Waals surface area (Å²) in [4.78, 5) is 15.0. The van der Waals surface area contributed by atoms with E-state index >= 15 is 0 Å². The summed E-state index contributed by atoms with van der Waals surface area (Å²) in [6.07, 6.45) is 1.65. The van der Waals surface area contributed by atoms with Gasteiger partial charge in [0.2, 0.25) is 5.91 Å². The molecule has 1 aliphatic heterocycles. The van der Waals surface area contributed by atoms with Crippen LogP contribution in [0.5, 0.6) is 0 Å². The minimum Gasteiger partial charge on any atom is -0.378 e. The highest BCUT2D eigenvalue weighted by Gasteiger charge is 2.64. The van der Waals surface area contributed by atoms with Gasteiger partial charge in [0.05, 0.1) is 19.3 Å². The molecule has 3 unspecified atom stereocenters. The lowest BCUT2D eigenvalue weighted by Gasteiger charge is -2.58. The first kappa shape index (κ1) is 19.3. The van der Waals surface area contributed by atoms with E-state index in [2.05, 4.69) is 12.1 Å². The number of benzene rings is 1. The van der Waals surface area contributed by atoms with E-state index in [1.165, 1.54) is 5.56 Å². The first-order chi connectivity index (χ1) is 12.4. The highest BCUT2D eigenvalue weighted by Crippen LogP contribution is 2.50. The van der Waals surface area contributed by atoms with Crippen molar-refractivity contribution in [3.63, 3.8) is 0 Å². The standard InChI is InChI=1S/C21H32N2O3/c1-4-26-18-12-21(22,20(18,2)3)19(24)23-11-10-17(13-23)15-25-14-16-8-6-5-7-9-16/h5-9,17-18H,4,10-15,22H2,1-3H3. The number of rotatable bonds is 7. The average Bonchev–Trinajstić information content (AvgIpc) is 3.10. The Labute approximate surface area is 156 Å². The summed E-state index contributed by atoms with van der Waals surface area (Å²) in [6.45, 7) is 9.54. The SMILES string of the molecule is CCOC1CC(N)(C(=O)N2CCC(COCc3ccccc3)C2)C1(C)C. The summed E-state index contributed by atoms with van der Waals surface area (Å²) in [5, 5.41) is 0. The van der Waals surface area contributed by atoms with Crippen molar-refractivity contribution in [2.45, 2.75) is 51.9 Å². The van der Waals surface area contributed by atoms with Crippen LogP contribution in [-0.2, 0) is 20.9 Å². The molecule has 26 heavy (non-hydrogen) atoms. The predicted molar refractivity (Wildman–Crippen MR) is 102 cm³/mol. The number of ether oxygens (including phenoxy) is 2. The summed E-state index contributed by atoms with van der Waals surface area (Å²) in [5.41, 5.74) is 6.58. The molecular formula is C21H32N2O3. The van der Waals surface area contributed by atoms with Gasteiger partial charge >= 0.3 is 0 Å². The van der Waals surface area contributed by atoms with Gasteiger partial charge in [-0.25, -0.2) is 0 Å². The van der Waals surface area contributed by atoms with Gasteiger partial charge in [0, 0.05) is 37.5 Å². The third-order valence-corrected chi connectivity index (χ3v) is 6.25. The summed E-state index contributed by atoms with van der Waals surface area (Å²) in [7, 11) is 0. The minimum atomic E-state index is -0.813. The number of hydrogen-bond donors (Lipinski definition) is 1. The van der Waals surface area contributed by atoms with E-state index in [-0.39, 0.29) is 17.4 Å². The van der Waals surface area contributed by atoms with Crippen molar-refractivity contribution < 1.29 is 14.3 Å². The van der Waals surface area contributed by atoms with Crippen molar-refractivity contribution in [1.82, 2.24) is 4.90 Å². The lowest BCUT2D eigenvalue weighted by atomic mass is 9.54.